The summed E-state index contributed by atoms with van der Waals surface area (Å²) in [6.07, 6.45) is 0.410. The van der Waals surface area contributed by atoms with E-state index in [1.54, 1.807) is 26.0 Å². The molecule has 1 unspecified atom stereocenters. The van der Waals surface area contributed by atoms with Crippen molar-refractivity contribution >= 4 is 15.9 Å². The topological polar surface area (TPSA) is 96.0 Å². The Morgan fingerprint density at radius 3 is 2.56 bits per heavy atom. The number of hydrogen-bond donors (Lipinski definition) is 3. The summed E-state index contributed by atoms with van der Waals surface area (Å²) in [7, 11) is -3.67. The van der Waals surface area contributed by atoms with Crippen LogP contribution in [0.5, 0.6) is 0 Å². The molecule has 1 atom stereocenters. The van der Waals surface area contributed by atoms with Crippen LogP contribution in [0.25, 0.3) is 0 Å². The Hall–Kier alpha value is -1.40. The third-order valence-electron chi connectivity index (χ3n) is 2.96. The third kappa shape index (κ3) is 3.08. The number of sulfonamides is 1. The molecule has 18 heavy (non-hydrogen) atoms. The third-order valence-corrected chi connectivity index (χ3v) is 4.55. The lowest BCUT2D eigenvalue weighted by molar-refractivity contribution is 0.505. The number of amidine groups is 1. The van der Waals surface area contributed by atoms with Crippen molar-refractivity contribution < 1.29 is 8.42 Å². The summed E-state index contributed by atoms with van der Waals surface area (Å²) in [6.45, 7) is 5.20. The quantitative estimate of drug-likeness (QED) is 0.556. The molecule has 1 aromatic rings. The summed E-state index contributed by atoms with van der Waals surface area (Å²) in [5, 5.41) is 7.48. The fraction of sp³-hybridized carbons (Fsp3) is 0.417. The van der Waals surface area contributed by atoms with Crippen molar-refractivity contribution in [2.45, 2.75) is 37.6 Å². The normalized spacial score (nSPS) is 15.1. The molecule has 1 aromatic carbocycles. The standard InChI is InChI=1S/C12H19N3O2S/c1-4-12(3,11(13)14)15-18(16,17)10-7-5-6-9(2)8-10/h5-8,15H,4H2,1-3H3,(H3,13,14). The lowest BCUT2D eigenvalue weighted by Gasteiger charge is -2.27. The van der Waals surface area contributed by atoms with Gasteiger partial charge < -0.3 is 5.73 Å². The van der Waals surface area contributed by atoms with Crippen molar-refractivity contribution in [3.05, 3.63) is 29.8 Å². The van der Waals surface area contributed by atoms with Crippen molar-refractivity contribution in [1.29, 1.82) is 5.41 Å². The van der Waals surface area contributed by atoms with E-state index in [9.17, 15) is 8.42 Å². The van der Waals surface area contributed by atoms with Gasteiger partial charge in [0.2, 0.25) is 10.0 Å². The molecule has 0 aliphatic carbocycles. The number of aryl methyl sites for hydroxylation is 1. The molecule has 0 aliphatic heterocycles. The van der Waals surface area contributed by atoms with Gasteiger partial charge in [0, 0.05) is 0 Å². The Bertz CT molecular complexity index is 554. The molecule has 0 aromatic heterocycles. The number of nitrogens with two attached hydrogens (primary N) is 1. The van der Waals surface area contributed by atoms with Gasteiger partial charge in [0.1, 0.15) is 5.84 Å². The minimum atomic E-state index is -3.67. The van der Waals surface area contributed by atoms with Gasteiger partial charge in [0.25, 0.3) is 0 Å². The summed E-state index contributed by atoms with van der Waals surface area (Å²) in [5.74, 6) is -0.193. The van der Waals surface area contributed by atoms with Gasteiger partial charge in [0.05, 0.1) is 10.4 Å². The molecule has 0 saturated heterocycles. The van der Waals surface area contributed by atoms with Gasteiger partial charge in [-0.15, -0.1) is 0 Å². The summed E-state index contributed by atoms with van der Waals surface area (Å²) in [5.41, 5.74) is 5.26. The van der Waals surface area contributed by atoms with Crippen molar-refractivity contribution in [2.24, 2.45) is 5.73 Å². The van der Waals surface area contributed by atoms with Crippen LogP contribution in [0.1, 0.15) is 25.8 Å². The van der Waals surface area contributed by atoms with Crippen LogP contribution in [0.2, 0.25) is 0 Å². The first-order valence-corrected chi connectivity index (χ1v) is 7.15. The van der Waals surface area contributed by atoms with Crippen LogP contribution in [0.15, 0.2) is 29.2 Å². The zero-order valence-electron chi connectivity index (χ0n) is 10.8. The Morgan fingerprint density at radius 2 is 2.11 bits per heavy atom. The number of benzene rings is 1. The van der Waals surface area contributed by atoms with Crippen molar-refractivity contribution in [1.82, 2.24) is 4.72 Å². The molecule has 5 nitrogen and oxygen atoms in total. The van der Waals surface area contributed by atoms with Crippen LogP contribution in [0.4, 0.5) is 0 Å². The maximum Gasteiger partial charge on any atom is 0.241 e. The van der Waals surface area contributed by atoms with Gasteiger partial charge in [-0.25, -0.2) is 8.42 Å². The highest BCUT2D eigenvalue weighted by Gasteiger charge is 2.31. The van der Waals surface area contributed by atoms with E-state index in [4.69, 9.17) is 11.1 Å². The minimum Gasteiger partial charge on any atom is -0.386 e. The van der Waals surface area contributed by atoms with Crippen LogP contribution < -0.4 is 10.5 Å². The molecule has 0 heterocycles. The predicted molar refractivity (Wildman–Crippen MR) is 72.1 cm³/mol. The second kappa shape index (κ2) is 5.07. The summed E-state index contributed by atoms with van der Waals surface area (Å²) >= 11 is 0. The highest BCUT2D eigenvalue weighted by Crippen LogP contribution is 2.16. The van der Waals surface area contributed by atoms with Gasteiger partial charge >= 0.3 is 0 Å². The van der Waals surface area contributed by atoms with Crippen LogP contribution in [-0.4, -0.2) is 19.8 Å². The maximum absolute atomic E-state index is 12.2. The highest BCUT2D eigenvalue weighted by molar-refractivity contribution is 7.89. The number of rotatable bonds is 5. The minimum absolute atomic E-state index is 0.184. The monoisotopic (exact) mass is 269 g/mol. The second-order valence-electron chi connectivity index (χ2n) is 4.52. The first kappa shape index (κ1) is 14.7. The molecule has 6 heteroatoms. The SMILES string of the molecule is CCC(C)(NS(=O)(=O)c1cccc(C)c1)C(=N)N. The van der Waals surface area contributed by atoms with Crippen molar-refractivity contribution in [2.75, 3.05) is 0 Å². The van der Waals surface area contributed by atoms with E-state index in [2.05, 4.69) is 4.72 Å². The molecule has 100 valence electrons. The smallest absolute Gasteiger partial charge is 0.241 e. The molecule has 1 rings (SSSR count). The van der Waals surface area contributed by atoms with Crippen molar-refractivity contribution in [3.63, 3.8) is 0 Å². The van der Waals surface area contributed by atoms with Gasteiger partial charge in [-0.2, -0.15) is 4.72 Å². The molecule has 0 aliphatic rings. The van der Waals surface area contributed by atoms with Gasteiger partial charge in [-0.1, -0.05) is 19.1 Å². The molecule has 4 N–H and O–H groups in total. The van der Waals surface area contributed by atoms with Crippen LogP contribution >= 0.6 is 0 Å². The largest absolute Gasteiger partial charge is 0.386 e. The predicted octanol–water partition coefficient (Wildman–Crippen LogP) is 1.38. The lowest BCUT2D eigenvalue weighted by Crippen LogP contribution is -2.54. The van der Waals surface area contributed by atoms with E-state index in [0.29, 0.717) is 6.42 Å². The summed E-state index contributed by atoms with van der Waals surface area (Å²) < 4.78 is 26.9. The molecule has 0 amide bonds. The van der Waals surface area contributed by atoms with Crippen LogP contribution in [0.3, 0.4) is 0 Å². The first-order chi connectivity index (χ1) is 8.21. The van der Waals surface area contributed by atoms with E-state index in [-0.39, 0.29) is 10.7 Å². The van der Waals surface area contributed by atoms with Crippen molar-refractivity contribution in [3.8, 4) is 0 Å². The van der Waals surface area contributed by atoms with Gasteiger partial charge in [-0.05, 0) is 38.0 Å². The summed E-state index contributed by atoms with van der Waals surface area (Å²) in [4.78, 5) is 0.184. The average Bonchev–Trinajstić information content (AvgIpc) is 2.28. The molecular weight excluding hydrogens is 250 g/mol. The average molecular weight is 269 g/mol. The van der Waals surface area contributed by atoms with Crippen LogP contribution in [0, 0.1) is 12.3 Å². The number of hydrogen-bond acceptors (Lipinski definition) is 3. The summed E-state index contributed by atoms with van der Waals surface area (Å²) in [6, 6.07) is 6.61. The Labute approximate surface area is 108 Å². The highest BCUT2D eigenvalue weighted by atomic mass is 32.2. The molecule has 0 fully saturated rings. The molecule has 0 bridgehead atoms. The van der Waals surface area contributed by atoms with Gasteiger partial charge in [-0.3, -0.25) is 5.41 Å². The number of nitrogens with one attached hydrogen (secondary N) is 2. The van der Waals surface area contributed by atoms with E-state index < -0.39 is 15.6 Å². The molecule has 0 spiro atoms. The lowest BCUT2D eigenvalue weighted by atomic mass is 10.00. The maximum atomic E-state index is 12.2. The molecule has 0 saturated carbocycles. The van der Waals surface area contributed by atoms with E-state index in [1.165, 1.54) is 6.07 Å². The van der Waals surface area contributed by atoms with E-state index in [0.717, 1.165) is 5.56 Å². The Kier molecular flexibility index (Phi) is 4.13. The fourth-order valence-electron chi connectivity index (χ4n) is 1.46. The first-order valence-electron chi connectivity index (χ1n) is 5.66. The fourth-order valence-corrected chi connectivity index (χ4v) is 3.02. The second-order valence-corrected chi connectivity index (χ2v) is 6.20. The zero-order valence-corrected chi connectivity index (χ0v) is 11.6. The molecular formula is C12H19N3O2S. The zero-order chi connectivity index (χ0) is 14.0. The van der Waals surface area contributed by atoms with E-state index >= 15 is 0 Å². The Balaban J connectivity index is 3.13. The van der Waals surface area contributed by atoms with E-state index in [1.807, 2.05) is 13.0 Å². The van der Waals surface area contributed by atoms with Gasteiger partial charge in [0.15, 0.2) is 0 Å². The van der Waals surface area contributed by atoms with Crippen LogP contribution in [-0.2, 0) is 10.0 Å². The Morgan fingerprint density at radius 1 is 1.50 bits per heavy atom. The molecule has 0 radical (unpaired) electrons.